The van der Waals surface area contributed by atoms with Gasteiger partial charge in [-0.05, 0) is 71.8 Å². The third-order valence-electron chi connectivity index (χ3n) is 10.0. The molecule has 0 saturated heterocycles. The molecule has 0 spiro atoms. The molecule has 0 bridgehead atoms. The summed E-state index contributed by atoms with van der Waals surface area (Å²) in [5, 5.41) is 4.82. The maximum absolute atomic E-state index is 5.27. The summed E-state index contributed by atoms with van der Waals surface area (Å²) in [4.78, 5) is 15.2. The van der Waals surface area contributed by atoms with Crippen molar-refractivity contribution in [3.8, 4) is 34.2 Å². The molecular weight excluding hydrogens is 599 g/mol. The molecule has 10 rings (SSSR count). The molecule has 4 heterocycles. The SMILES string of the molecule is CC1(C)C=Cc2c(-c3ccccn3)nc(-n3c4ccccc4c4cc(-c5ccc6c(c5)c5ccccc5n6-c5ccccc5)ccc43)nc21. The molecule has 5 nitrogen and oxygen atoms in total. The van der Waals surface area contributed by atoms with Crippen molar-refractivity contribution in [1.82, 2.24) is 24.1 Å². The van der Waals surface area contributed by atoms with Crippen LogP contribution in [0, 0.1) is 0 Å². The van der Waals surface area contributed by atoms with Crippen molar-refractivity contribution in [2.45, 2.75) is 19.3 Å². The van der Waals surface area contributed by atoms with Gasteiger partial charge in [-0.3, -0.25) is 9.55 Å². The van der Waals surface area contributed by atoms with Crippen molar-refractivity contribution >= 4 is 49.7 Å². The van der Waals surface area contributed by atoms with Crippen LogP contribution in [0.15, 0.2) is 146 Å². The van der Waals surface area contributed by atoms with E-state index in [1.807, 2.05) is 24.4 Å². The highest BCUT2D eigenvalue weighted by atomic mass is 15.2. The number of para-hydroxylation sites is 3. The van der Waals surface area contributed by atoms with Gasteiger partial charge in [-0.1, -0.05) is 98.8 Å². The third kappa shape index (κ3) is 4.15. The van der Waals surface area contributed by atoms with Crippen LogP contribution in [0.3, 0.4) is 0 Å². The summed E-state index contributed by atoms with van der Waals surface area (Å²) in [7, 11) is 0. The maximum Gasteiger partial charge on any atom is 0.235 e. The van der Waals surface area contributed by atoms with Crippen molar-refractivity contribution < 1.29 is 0 Å². The van der Waals surface area contributed by atoms with Gasteiger partial charge in [-0.15, -0.1) is 0 Å². The topological polar surface area (TPSA) is 48.5 Å². The molecular formula is C44H31N5. The van der Waals surface area contributed by atoms with E-state index in [2.05, 4.69) is 150 Å². The van der Waals surface area contributed by atoms with Gasteiger partial charge in [0.1, 0.15) is 5.69 Å². The summed E-state index contributed by atoms with van der Waals surface area (Å²) in [5.74, 6) is 0.658. The predicted octanol–water partition coefficient (Wildman–Crippen LogP) is 10.7. The summed E-state index contributed by atoms with van der Waals surface area (Å²) >= 11 is 0. The van der Waals surface area contributed by atoms with E-state index in [0.717, 1.165) is 39.4 Å². The Morgan fingerprint density at radius 2 is 1.12 bits per heavy atom. The van der Waals surface area contributed by atoms with Crippen molar-refractivity contribution in [1.29, 1.82) is 0 Å². The van der Waals surface area contributed by atoms with E-state index in [1.165, 1.54) is 43.7 Å². The van der Waals surface area contributed by atoms with Crippen LogP contribution in [0.2, 0.25) is 0 Å². The van der Waals surface area contributed by atoms with Gasteiger partial charge >= 0.3 is 0 Å². The van der Waals surface area contributed by atoms with Crippen LogP contribution in [0.1, 0.15) is 25.1 Å². The molecule has 232 valence electrons. The second-order valence-corrected chi connectivity index (χ2v) is 13.4. The van der Waals surface area contributed by atoms with Gasteiger partial charge < -0.3 is 4.57 Å². The monoisotopic (exact) mass is 629 g/mol. The van der Waals surface area contributed by atoms with Crippen LogP contribution in [0.5, 0.6) is 0 Å². The van der Waals surface area contributed by atoms with Crippen LogP contribution < -0.4 is 0 Å². The highest BCUT2D eigenvalue weighted by Crippen LogP contribution is 2.41. The zero-order valence-electron chi connectivity index (χ0n) is 27.2. The number of allylic oxidation sites excluding steroid dienone is 1. The van der Waals surface area contributed by atoms with Crippen molar-refractivity contribution in [2.75, 3.05) is 0 Å². The van der Waals surface area contributed by atoms with E-state index in [4.69, 9.17) is 15.0 Å². The number of pyridine rings is 1. The summed E-state index contributed by atoms with van der Waals surface area (Å²) < 4.78 is 4.57. The zero-order chi connectivity index (χ0) is 32.7. The molecule has 0 fully saturated rings. The standard InChI is InChI=1S/C44H31N5/c1-44(2)24-23-33-41(36-16-10-11-25-45-36)46-43(47-42(33)44)49-38-18-9-7-15-32(38)35-27-29(20-22-40(35)49)28-19-21-39-34(26-28)31-14-6-8-17-37(31)48(39)30-12-4-3-5-13-30/h3-27H,1-2H3. The number of nitrogens with zero attached hydrogens (tertiary/aromatic N) is 5. The summed E-state index contributed by atoms with van der Waals surface area (Å²) in [6.07, 6.45) is 6.19. The van der Waals surface area contributed by atoms with Gasteiger partial charge in [0.15, 0.2) is 0 Å². The molecule has 0 N–H and O–H groups in total. The smallest absolute Gasteiger partial charge is 0.235 e. The first kappa shape index (κ1) is 27.8. The van der Waals surface area contributed by atoms with Gasteiger partial charge in [0.05, 0.1) is 33.5 Å². The second-order valence-electron chi connectivity index (χ2n) is 13.4. The minimum absolute atomic E-state index is 0.217. The first-order chi connectivity index (χ1) is 24.0. The quantitative estimate of drug-likeness (QED) is 0.195. The third-order valence-corrected chi connectivity index (χ3v) is 10.0. The molecule has 0 radical (unpaired) electrons. The first-order valence-electron chi connectivity index (χ1n) is 16.7. The lowest BCUT2D eigenvalue weighted by Gasteiger charge is -2.19. The summed E-state index contributed by atoms with van der Waals surface area (Å²) in [6.45, 7) is 4.42. The van der Waals surface area contributed by atoms with Crippen LogP contribution >= 0.6 is 0 Å². The Morgan fingerprint density at radius 1 is 0.531 bits per heavy atom. The minimum Gasteiger partial charge on any atom is -0.309 e. The molecule has 0 unspecified atom stereocenters. The molecule has 5 heteroatoms. The largest absolute Gasteiger partial charge is 0.309 e. The van der Waals surface area contributed by atoms with Crippen molar-refractivity contribution in [3.05, 3.63) is 157 Å². The number of hydrogen-bond acceptors (Lipinski definition) is 3. The molecule has 0 saturated carbocycles. The number of benzene rings is 5. The first-order valence-corrected chi connectivity index (χ1v) is 16.7. The van der Waals surface area contributed by atoms with Crippen LogP contribution in [-0.4, -0.2) is 24.1 Å². The Kier molecular flexibility index (Phi) is 5.85. The average molecular weight is 630 g/mol. The number of rotatable bonds is 4. The Balaban J connectivity index is 1.18. The molecule has 4 aromatic heterocycles. The Bertz CT molecular complexity index is 2790. The molecule has 0 amide bonds. The molecule has 49 heavy (non-hydrogen) atoms. The lowest BCUT2D eigenvalue weighted by molar-refractivity contribution is 0.651. The van der Waals surface area contributed by atoms with E-state index in [-0.39, 0.29) is 5.41 Å². The Labute approximate surface area is 283 Å². The lowest BCUT2D eigenvalue weighted by Crippen LogP contribution is -2.17. The predicted molar refractivity (Wildman–Crippen MR) is 201 cm³/mol. The Morgan fingerprint density at radius 3 is 1.80 bits per heavy atom. The highest BCUT2D eigenvalue weighted by Gasteiger charge is 2.31. The van der Waals surface area contributed by atoms with E-state index in [1.54, 1.807) is 0 Å². The molecule has 0 aliphatic heterocycles. The normalized spacial score (nSPS) is 13.6. The van der Waals surface area contributed by atoms with E-state index < -0.39 is 0 Å². The molecule has 9 aromatic rings. The van der Waals surface area contributed by atoms with Crippen molar-refractivity contribution in [3.63, 3.8) is 0 Å². The van der Waals surface area contributed by atoms with Gasteiger partial charge in [0, 0.05) is 44.4 Å². The average Bonchev–Trinajstić information content (AvgIpc) is 3.78. The summed E-state index contributed by atoms with van der Waals surface area (Å²) in [6, 6.07) is 47.5. The van der Waals surface area contributed by atoms with Gasteiger partial charge in [-0.25, -0.2) is 9.97 Å². The zero-order valence-corrected chi connectivity index (χ0v) is 27.2. The maximum atomic E-state index is 5.27. The van der Waals surface area contributed by atoms with Gasteiger partial charge in [-0.2, -0.15) is 0 Å². The molecule has 0 atom stereocenters. The molecule has 1 aliphatic carbocycles. The number of fused-ring (bicyclic) bond motifs is 7. The Hall–Kier alpha value is -6.33. The fourth-order valence-corrected chi connectivity index (χ4v) is 7.65. The van der Waals surface area contributed by atoms with E-state index >= 15 is 0 Å². The number of hydrogen-bond donors (Lipinski definition) is 0. The van der Waals surface area contributed by atoms with Gasteiger partial charge in [0.2, 0.25) is 5.95 Å². The molecule has 5 aromatic carbocycles. The number of aromatic nitrogens is 5. The van der Waals surface area contributed by atoms with Crippen LogP contribution in [0.4, 0.5) is 0 Å². The molecule has 1 aliphatic rings. The van der Waals surface area contributed by atoms with E-state index in [9.17, 15) is 0 Å². The highest BCUT2D eigenvalue weighted by molar-refractivity contribution is 6.12. The van der Waals surface area contributed by atoms with Crippen LogP contribution in [0.25, 0.3) is 83.8 Å². The van der Waals surface area contributed by atoms with Gasteiger partial charge in [0.25, 0.3) is 0 Å². The fourth-order valence-electron chi connectivity index (χ4n) is 7.65. The second kappa shape index (κ2) is 10.3. The lowest BCUT2D eigenvalue weighted by atomic mass is 9.91. The fraction of sp³-hybridized carbons (Fsp3) is 0.0682. The van der Waals surface area contributed by atoms with Crippen LogP contribution in [-0.2, 0) is 5.41 Å². The van der Waals surface area contributed by atoms with Crippen molar-refractivity contribution in [2.24, 2.45) is 0 Å². The summed E-state index contributed by atoms with van der Waals surface area (Å²) in [5.41, 5.74) is 11.6. The van der Waals surface area contributed by atoms with E-state index in [0.29, 0.717) is 5.95 Å². The minimum atomic E-state index is -0.217.